The standard InChI is InChI=1S/C23H30F2N4O2.CH4/c1-5-29(4)15-18(13-26-2)16-10-11-19(22(30)27-3)20(12-16)28-14-17-8-6-7-9-21(17)31-23(24)25;/h6-12,15,23,26,28H,5,13-14H2,1-4H3,(H,27,30);1H4/b18-15+;. The van der Waals surface area contributed by atoms with Crippen molar-refractivity contribution in [1.82, 2.24) is 15.5 Å². The van der Waals surface area contributed by atoms with Gasteiger partial charge < -0.3 is 25.6 Å². The number of anilines is 1. The molecule has 0 aliphatic carbocycles. The van der Waals surface area contributed by atoms with E-state index in [2.05, 4.69) is 38.7 Å². The number of carbonyl (C=O) groups excluding carboxylic acids is 1. The second-order valence-electron chi connectivity index (χ2n) is 6.94. The third-order valence-corrected chi connectivity index (χ3v) is 4.76. The van der Waals surface area contributed by atoms with Crippen molar-refractivity contribution in [2.24, 2.45) is 0 Å². The van der Waals surface area contributed by atoms with Crippen LogP contribution in [0.1, 0.15) is 35.8 Å². The van der Waals surface area contributed by atoms with Crippen LogP contribution in [0.3, 0.4) is 0 Å². The van der Waals surface area contributed by atoms with E-state index in [1.165, 1.54) is 6.07 Å². The number of ether oxygens (including phenoxy) is 1. The number of carbonyl (C=O) groups is 1. The van der Waals surface area contributed by atoms with Crippen LogP contribution >= 0.6 is 0 Å². The molecule has 0 atom stereocenters. The number of alkyl halides is 2. The highest BCUT2D eigenvalue weighted by Gasteiger charge is 2.14. The number of halogens is 2. The van der Waals surface area contributed by atoms with Crippen LogP contribution in [0.2, 0.25) is 0 Å². The highest BCUT2D eigenvalue weighted by Crippen LogP contribution is 2.26. The molecule has 2 aromatic rings. The van der Waals surface area contributed by atoms with Gasteiger partial charge in [-0.15, -0.1) is 0 Å². The van der Waals surface area contributed by atoms with Gasteiger partial charge in [0.25, 0.3) is 5.91 Å². The zero-order valence-corrected chi connectivity index (χ0v) is 18.3. The Labute approximate surface area is 189 Å². The van der Waals surface area contributed by atoms with E-state index < -0.39 is 6.61 Å². The van der Waals surface area contributed by atoms with Gasteiger partial charge in [-0.05, 0) is 43.3 Å². The van der Waals surface area contributed by atoms with Gasteiger partial charge in [-0.25, -0.2) is 0 Å². The first-order chi connectivity index (χ1) is 14.9. The van der Waals surface area contributed by atoms with Gasteiger partial charge in [0.15, 0.2) is 0 Å². The largest absolute Gasteiger partial charge is 0.434 e. The first kappa shape index (κ1) is 26.9. The molecule has 0 aliphatic heterocycles. The predicted octanol–water partition coefficient (Wildman–Crippen LogP) is 4.41. The van der Waals surface area contributed by atoms with Crippen LogP contribution in [0.4, 0.5) is 14.5 Å². The minimum atomic E-state index is -2.91. The van der Waals surface area contributed by atoms with E-state index in [0.717, 1.165) is 17.7 Å². The van der Waals surface area contributed by atoms with Crippen LogP contribution in [0.15, 0.2) is 48.7 Å². The third kappa shape index (κ3) is 7.53. The summed E-state index contributed by atoms with van der Waals surface area (Å²) in [4.78, 5) is 14.5. The maximum Gasteiger partial charge on any atom is 0.387 e. The van der Waals surface area contributed by atoms with Gasteiger partial charge in [-0.3, -0.25) is 4.79 Å². The zero-order valence-electron chi connectivity index (χ0n) is 18.3. The zero-order chi connectivity index (χ0) is 22.8. The summed E-state index contributed by atoms with van der Waals surface area (Å²) < 4.78 is 30.0. The summed E-state index contributed by atoms with van der Waals surface area (Å²) in [7, 11) is 5.43. The molecule has 8 heteroatoms. The highest BCUT2D eigenvalue weighted by atomic mass is 19.3. The molecule has 0 spiro atoms. The van der Waals surface area contributed by atoms with Gasteiger partial charge in [-0.1, -0.05) is 31.7 Å². The quantitative estimate of drug-likeness (QED) is 0.475. The van der Waals surface area contributed by atoms with Crippen molar-refractivity contribution in [3.8, 4) is 5.75 Å². The van der Waals surface area contributed by atoms with Crippen molar-refractivity contribution in [1.29, 1.82) is 0 Å². The minimum Gasteiger partial charge on any atom is -0.434 e. The summed E-state index contributed by atoms with van der Waals surface area (Å²) in [6.07, 6.45) is 2.06. The fourth-order valence-electron chi connectivity index (χ4n) is 3.04. The molecular weight excluding hydrogens is 414 g/mol. The molecule has 0 heterocycles. The van der Waals surface area contributed by atoms with Crippen LogP contribution in [0.25, 0.3) is 5.57 Å². The van der Waals surface area contributed by atoms with Crippen LogP contribution < -0.4 is 20.7 Å². The smallest absolute Gasteiger partial charge is 0.387 e. The fraction of sp³-hybridized carbons (Fsp3) is 0.375. The molecule has 0 unspecified atom stereocenters. The van der Waals surface area contributed by atoms with Crippen molar-refractivity contribution in [2.75, 3.05) is 39.5 Å². The molecule has 176 valence electrons. The lowest BCUT2D eigenvalue weighted by molar-refractivity contribution is -0.0504. The summed E-state index contributed by atoms with van der Waals surface area (Å²) in [6, 6.07) is 12.1. The number of hydrogen-bond donors (Lipinski definition) is 3. The van der Waals surface area contributed by atoms with Crippen molar-refractivity contribution < 1.29 is 18.3 Å². The highest BCUT2D eigenvalue weighted by molar-refractivity contribution is 6.00. The molecule has 3 N–H and O–H groups in total. The monoisotopic (exact) mass is 448 g/mol. The second-order valence-corrected chi connectivity index (χ2v) is 6.94. The summed E-state index contributed by atoms with van der Waals surface area (Å²) >= 11 is 0. The van der Waals surface area contributed by atoms with Crippen LogP contribution in [-0.2, 0) is 6.54 Å². The molecule has 32 heavy (non-hydrogen) atoms. The second kappa shape index (κ2) is 13.3. The van der Waals surface area contributed by atoms with E-state index in [-0.39, 0.29) is 25.6 Å². The average molecular weight is 449 g/mol. The SMILES string of the molecule is C.CCN(C)/C=C(\CNC)c1ccc(C(=O)NC)c(NCc2ccccc2OC(F)F)c1. The Hall–Kier alpha value is -3.13. The third-order valence-electron chi connectivity index (χ3n) is 4.76. The first-order valence-electron chi connectivity index (χ1n) is 10.1. The Morgan fingerprint density at radius 3 is 2.53 bits per heavy atom. The van der Waals surface area contributed by atoms with E-state index >= 15 is 0 Å². The number of benzene rings is 2. The Balaban J connectivity index is 0.00000512. The van der Waals surface area contributed by atoms with Crippen LogP contribution in [-0.4, -0.2) is 51.7 Å². The molecule has 0 aliphatic rings. The van der Waals surface area contributed by atoms with E-state index in [1.807, 2.05) is 26.2 Å². The Morgan fingerprint density at radius 2 is 1.91 bits per heavy atom. The van der Waals surface area contributed by atoms with Gasteiger partial charge >= 0.3 is 6.61 Å². The normalized spacial score (nSPS) is 11.0. The Bertz CT molecular complexity index is 903. The summed E-state index contributed by atoms with van der Waals surface area (Å²) in [5.74, 6) is -0.140. The fourth-order valence-corrected chi connectivity index (χ4v) is 3.04. The van der Waals surface area contributed by atoms with E-state index in [1.54, 1.807) is 31.3 Å². The molecule has 0 aromatic heterocycles. The number of hydrogen-bond acceptors (Lipinski definition) is 5. The van der Waals surface area contributed by atoms with Crippen molar-refractivity contribution in [3.05, 3.63) is 65.4 Å². The molecule has 0 radical (unpaired) electrons. The van der Waals surface area contributed by atoms with Crippen LogP contribution in [0, 0.1) is 0 Å². The number of para-hydroxylation sites is 1. The number of rotatable bonds is 11. The Morgan fingerprint density at radius 1 is 1.19 bits per heavy atom. The lowest BCUT2D eigenvalue weighted by Gasteiger charge is -2.18. The van der Waals surface area contributed by atoms with E-state index in [4.69, 9.17) is 0 Å². The van der Waals surface area contributed by atoms with Gasteiger partial charge in [0.2, 0.25) is 0 Å². The maximum atomic E-state index is 12.7. The van der Waals surface area contributed by atoms with Gasteiger partial charge in [0.1, 0.15) is 5.75 Å². The molecule has 0 saturated carbocycles. The summed E-state index contributed by atoms with van der Waals surface area (Å²) in [5, 5.41) is 9.02. The molecule has 2 rings (SSSR count). The van der Waals surface area contributed by atoms with Gasteiger partial charge in [-0.2, -0.15) is 8.78 Å². The van der Waals surface area contributed by atoms with E-state index in [9.17, 15) is 13.6 Å². The molecule has 2 aromatic carbocycles. The van der Waals surface area contributed by atoms with Gasteiger partial charge in [0.05, 0.1) is 5.56 Å². The molecule has 0 fully saturated rings. The number of nitrogens with one attached hydrogen (secondary N) is 3. The topological polar surface area (TPSA) is 65.6 Å². The number of nitrogens with zero attached hydrogens (tertiary/aromatic N) is 1. The average Bonchev–Trinajstić information content (AvgIpc) is 2.77. The van der Waals surface area contributed by atoms with E-state index in [0.29, 0.717) is 23.4 Å². The van der Waals surface area contributed by atoms with Gasteiger partial charge in [0, 0.05) is 51.2 Å². The Kier molecular flexibility index (Phi) is 11.2. The van der Waals surface area contributed by atoms with Crippen molar-refractivity contribution >= 4 is 17.2 Å². The molecule has 6 nitrogen and oxygen atoms in total. The predicted molar refractivity (Wildman–Crippen MR) is 127 cm³/mol. The molecule has 0 bridgehead atoms. The number of likely N-dealkylation sites (N-methyl/N-ethyl adjacent to an activating group) is 1. The summed E-state index contributed by atoms with van der Waals surface area (Å²) in [5.41, 5.74) is 3.63. The molecule has 0 saturated heterocycles. The molecule has 1 amide bonds. The summed E-state index contributed by atoms with van der Waals surface area (Å²) in [6.45, 7) is 0.879. The lowest BCUT2D eigenvalue weighted by atomic mass is 10.0. The lowest BCUT2D eigenvalue weighted by Crippen LogP contribution is -2.20. The number of amides is 1. The minimum absolute atomic E-state index is 0. The van der Waals surface area contributed by atoms with Crippen molar-refractivity contribution in [3.63, 3.8) is 0 Å². The first-order valence-corrected chi connectivity index (χ1v) is 10.1. The molecular formula is C24H34F2N4O2. The van der Waals surface area contributed by atoms with Crippen LogP contribution in [0.5, 0.6) is 5.75 Å². The van der Waals surface area contributed by atoms with Crippen molar-refractivity contribution in [2.45, 2.75) is 27.5 Å². The maximum absolute atomic E-state index is 12.7.